The molecule has 29 heavy (non-hydrogen) atoms. The Morgan fingerprint density at radius 1 is 1.10 bits per heavy atom. The van der Waals surface area contributed by atoms with Crippen molar-refractivity contribution in [3.8, 4) is 0 Å². The number of thioether (sulfide) groups is 1. The molecule has 0 unspecified atom stereocenters. The van der Waals surface area contributed by atoms with Crippen LogP contribution in [0.15, 0.2) is 46.9 Å². The highest BCUT2D eigenvalue weighted by Gasteiger charge is 2.21. The van der Waals surface area contributed by atoms with Gasteiger partial charge in [-0.1, -0.05) is 42.5 Å². The second-order valence-corrected chi connectivity index (χ2v) is 8.36. The number of thiocarbonyl (C=S) groups is 1. The first kappa shape index (κ1) is 21.5. The van der Waals surface area contributed by atoms with Gasteiger partial charge >= 0.3 is 5.97 Å². The van der Waals surface area contributed by atoms with Crippen LogP contribution in [0, 0.1) is 0 Å². The highest BCUT2D eigenvalue weighted by Crippen LogP contribution is 2.16. The highest BCUT2D eigenvalue weighted by molar-refractivity contribution is 8.24. The Hall–Kier alpha value is -2.16. The van der Waals surface area contributed by atoms with E-state index in [0.717, 1.165) is 35.8 Å². The van der Waals surface area contributed by atoms with Gasteiger partial charge in [0.05, 0.1) is 23.6 Å². The van der Waals surface area contributed by atoms with E-state index in [2.05, 4.69) is 9.64 Å². The number of carbonyl (C=O) groups excluding carboxylic acids is 2. The molecule has 0 atom stereocenters. The number of hydrogen-bond acceptors (Lipinski definition) is 7. The van der Waals surface area contributed by atoms with Gasteiger partial charge in [-0.05, 0) is 24.1 Å². The second-order valence-electron chi connectivity index (χ2n) is 6.71. The largest absolute Gasteiger partial charge is 0.463 e. The summed E-state index contributed by atoms with van der Waals surface area (Å²) in [5, 5.41) is 0. The molecule has 0 radical (unpaired) electrons. The third kappa shape index (κ3) is 6.16. The Labute approximate surface area is 180 Å². The smallest absolute Gasteiger partial charge is 0.373 e. The molecule has 1 aliphatic rings. The van der Waals surface area contributed by atoms with Gasteiger partial charge in [-0.2, -0.15) is 0 Å². The normalized spacial score (nSPS) is 15.0. The molecule has 0 spiro atoms. The number of furan rings is 1. The van der Waals surface area contributed by atoms with Crippen LogP contribution in [0.5, 0.6) is 0 Å². The SMILES string of the molecule is COC(=O)c1ccc(CN2CCCN(C(=O)CSC(=S)c3ccccc3)CC2)o1. The van der Waals surface area contributed by atoms with Crippen molar-refractivity contribution in [1.82, 2.24) is 9.80 Å². The van der Waals surface area contributed by atoms with Gasteiger partial charge in [-0.25, -0.2) is 4.79 Å². The lowest BCUT2D eigenvalue weighted by atomic mass is 10.2. The van der Waals surface area contributed by atoms with E-state index in [1.54, 1.807) is 12.1 Å². The van der Waals surface area contributed by atoms with E-state index in [1.165, 1.54) is 18.9 Å². The van der Waals surface area contributed by atoms with Crippen molar-refractivity contribution in [2.45, 2.75) is 13.0 Å². The van der Waals surface area contributed by atoms with Crippen molar-refractivity contribution >= 4 is 40.1 Å². The summed E-state index contributed by atoms with van der Waals surface area (Å²) in [6.07, 6.45) is 0.893. The van der Waals surface area contributed by atoms with Crippen molar-refractivity contribution in [1.29, 1.82) is 0 Å². The van der Waals surface area contributed by atoms with Crippen LogP contribution < -0.4 is 0 Å². The summed E-state index contributed by atoms with van der Waals surface area (Å²) < 4.78 is 11.0. The summed E-state index contributed by atoms with van der Waals surface area (Å²) in [7, 11) is 1.33. The molecule has 154 valence electrons. The third-order valence-electron chi connectivity index (χ3n) is 4.71. The molecular weight excluding hydrogens is 408 g/mol. The zero-order valence-corrected chi connectivity index (χ0v) is 18.0. The molecule has 0 bridgehead atoms. The number of ether oxygens (including phenoxy) is 1. The summed E-state index contributed by atoms with van der Waals surface area (Å²) in [5.74, 6) is 0.916. The van der Waals surface area contributed by atoms with Gasteiger partial charge < -0.3 is 14.1 Å². The molecule has 1 saturated heterocycles. The zero-order chi connectivity index (χ0) is 20.6. The molecule has 1 aliphatic heterocycles. The van der Waals surface area contributed by atoms with E-state index >= 15 is 0 Å². The van der Waals surface area contributed by atoms with Crippen LogP contribution >= 0.6 is 24.0 Å². The number of benzene rings is 1. The van der Waals surface area contributed by atoms with E-state index in [0.29, 0.717) is 24.6 Å². The maximum atomic E-state index is 12.6. The standard InChI is InChI=1S/C21H24N2O4S2/c1-26-20(25)18-9-8-17(27-18)14-22-10-5-11-23(13-12-22)19(24)15-29-21(28)16-6-3-2-4-7-16/h2-4,6-9H,5,10-15H2,1H3. The Morgan fingerprint density at radius 3 is 2.66 bits per heavy atom. The lowest BCUT2D eigenvalue weighted by Crippen LogP contribution is -2.36. The predicted molar refractivity (Wildman–Crippen MR) is 117 cm³/mol. The van der Waals surface area contributed by atoms with Crippen LogP contribution in [0.1, 0.15) is 28.3 Å². The van der Waals surface area contributed by atoms with E-state index in [4.69, 9.17) is 16.6 Å². The first-order valence-electron chi connectivity index (χ1n) is 9.46. The van der Waals surface area contributed by atoms with E-state index in [9.17, 15) is 9.59 Å². The number of rotatable bonds is 6. The number of methoxy groups -OCH3 is 1. The fourth-order valence-electron chi connectivity index (χ4n) is 3.15. The lowest BCUT2D eigenvalue weighted by molar-refractivity contribution is -0.128. The predicted octanol–water partition coefficient (Wildman–Crippen LogP) is 3.21. The van der Waals surface area contributed by atoms with Crippen LogP contribution in [-0.2, 0) is 16.1 Å². The third-order valence-corrected chi connectivity index (χ3v) is 6.18. The van der Waals surface area contributed by atoms with Gasteiger partial charge in [0.2, 0.25) is 11.7 Å². The molecule has 0 saturated carbocycles. The van der Waals surface area contributed by atoms with Gasteiger partial charge in [0.15, 0.2) is 0 Å². The van der Waals surface area contributed by atoms with Crippen LogP contribution in [0.4, 0.5) is 0 Å². The highest BCUT2D eigenvalue weighted by atomic mass is 32.2. The van der Waals surface area contributed by atoms with Gasteiger partial charge in [0.1, 0.15) is 5.76 Å². The van der Waals surface area contributed by atoms with E-state index < -0.39 is 5.97 Å². The Morgan fingerprint density at radius 2 is 1.90 bits per heavy atom. The number of esters is 1. The minimum atomic E-state index is -0.477. The average molecular weight is 433 g/mol. The first-order valence-corrected chi connectivity index (χ1v) is 10.9. The van der Waals surface area contributed by atoms with Crippen LogP contribution in [0.2, 0.25) is 0 Å². The van der Waals surface area contributed by atoms with E-state index in [1.807, 2.05) is 35.2 Å². The van der Waals surface area contributed by atoms with Gasteiger partial charge in [-0.3, -0.25) is 9.69 Å². The number of hydrogen-bond donors (Lipinski definition) is 0. The molecule has 1 amide bonds. The van der Waals surface area contributed by atoms with Crippen molar-refractivity contribution in [2.75, 3.05) is 39.0 Å². The fourth-order valence-corrected chi connectivity index (χ4v) is 4.20. The maximum absolute atomic E-state index is 12.6. The topological polar surface area (TPSA) is 63.0 Å². The number of nitrogens with zero attached hydrogens (tertiary/aromatic N) is 2. The Kier molecular flexibility index (Phi) is 7.85. The van der Waals surface area contributed by atoms with Crippen molar-refractivity contribution in [3.05, 3.63) is 59.5 Å². The first-order chi connectivity index (χ1) is 14.1. The summed E-state index contributed by atoms with van der Waals surface area (Å²) >= 11 is 6.85. The second kappa shape index (κ2) is 10.6. The molecule has 1 fully saturated rings. The lowest BCUT2D eigenvalue weighted by Gasteiger charge is -2.21. The van der Waals surface area contributed by atoms with Gasteiger partial charge in [-0.15, -0.1) is 11.8 Å². The maximum Gasteiger partial charge on any atom is 0.373 e. The van der Waals surface area contributed by atoms with Gasteiger partial charge in [0, 0.05) is 26.2 Å². The van der Waals surface area contributed by atoms with Crippen molar-refractivity contribution in [2.24, 2.45) is 0 Å². The number of carbonyl (C=O) groups is 2. The molecule has 2 aromatic rings. The average Bonchev–Trinajstić information content (AvgIpc) is 3.09. The molecular formula is C21H24N2O4S2. The van der Waals surface area contributed by atoms with Crippen molar-refractivity contribution in [3.63, 3.8) is 0 Å². The summed E-state index contributed by atoms with van der Waals surface area (Å²) in [6, 6.07) is 13.2. The van der Waals surface area contributed by atoms with Crippen LogP contribution in [-0.4, -0.2) is 64.9 Å². The minimum Gasteiger partial charge on any atom is -0.463 e. The fraction of sp³-hybridized carbons (Fsp3) is 0.381. The molecule has 6 nitrogen and oxygen atoms in total. The Bertz CT molecular complexity index is 853. The molecule has 0 N–H and O–H groups in total. The van der Waals surface area contributed by atoms with Gasteiger partial charge in [0.25, 0.3) is 0 Å². The summed E-state index contributed by atoms with van der Waals surface area (Å²) in [4.78, 5) is 28.3. The summed E-state index contributed by atoms with van der Waals surface area (Å²) in [6.45, 7) is 3.63. The molecule has 8 heteroatoms. The summed E-state index contributed by atoms with van der Waals surface area (Å²) in [5.41, 5.74) is 0.979. The molecule has 1 aromatic carbocycles. The molecule has 1 aromatic heterocycles. The van der Waals surface area contributed by atoms with E-state index in [-0.39, 0.29) is 11.7 Å². The Balaban J connectivity index is 1.46. The minimum absolute atomic E-state index is 0.112. The molecule has 3 rings (SSSR count). The van der Waals surface area contributed by atoms with Crippen molar-refractivity contribution < 1.29 is 18.7 Å². The quantitative estimate of drug-likeness (QED) is 0.513. The van der Waals surface area contributed by atoms with Crippen LogP contribution in [0.25, 0.3) is 0 Å². The monoisotopic (exact) mass is 432 g/mol. The molecule has 0 aliphatic carbocycles. The molecule has 2 heterocycles. The zero-order valence-electron chi connectivity index (χ0n) is 16.3. The number of amides is 1. The van der Waals surface area contributed by atoms with Crippen LogP contribution in [0.3, 0.4) is 0 Å².